The maximum absolute atomic E-state index is 6.15. The Labute approximate surface area is 132 Å². The highest BCUT2D eigenvalue weighted by Crippen LogP contribution is 2.30. The second-order valence-corrected chi connectivity index (χ2v) is 12.2. The molecule has 3 aromatic rings. The SMILES string of the molecule is C[Si](C)(C)Cc1oc(-c2ccccc2)nc1-c1ccccc1. The molecule has 0 unspecified atom stereocenters. The Morgan fingerprint density at radius 3 is 1.91 bits per heavy atom. The maximum Gasteiger partial charge on any atom is 0.226 e. The van der Waals surface area contributed by atoms with Gasteiger partial charge in [0.05, 0.1) is 8.07 Å². The first-order chi connectivity index (χ1) is 10.5. The molecular weight excluding hydrogens is 286 g/mol. The van der Waals surface area contributed by atoms with Crippen LogP contribution >= 0.6 is 0 Å². The van der Waals surface area contributed by atoms with E-state index in [1.807, 2.05) is 48.5 Å². The van der Waals surface area contributed by atoms with Gasteiger partial charge in [-0.25, -0.2) is 4.98 Å². The van der Waals surface area contributed by atoms with Gasteiger partial charge in [0.2, 0.25) is 5.89 Å². The van der Waals surface area contributed by atoms with Crippen molar-refractivity contribution >= 4 is 8.07 Å². The Morgan fingerprint density at radius 1 is 0.818 bits per heavy atom. The molecule has 2 aromatic carbocycles. The predicted molar refractivity (Wildman–Crippen MR) is 94.4 cm³/mol. The predicted octanol–water partition coefficient (Wildman–Crippen LogP) is 5.43. The monoisotopic (exact) mass is 307 g/mol. The molecule has 3 heteroatoms. The molecule has 0 radical (unpaired) electrons. The van der Waals surface area contributed by atoms with E-state index in [2.05, 4.69) is 31.8 Å². The third-order valence-electron chi connectivity index (χ3n) is 3.46. The number of nitrogens with zero attached hydrogens (tertiary/aromatic N) is 1. The van der Waals surface area contributed by atoms with Gasteiger partial charge < -0.3 is 4.42 Å². The van der Waals surface area contributed by atoms with Crippen LogP contribution < -0.4 is 0 Å². The Bertz CT molecular complexity index is 742. The van der Waals surface area contributed by atoms with Crippen molar-refractivity contribution in [2.24, 2.45) is 0 Å². The Balaban J connectivity index is 2.09. The van der Waals surface area contributed by atoms with Crippen LogP contribution in [0.3, 0.4) is 0 Å². The largest absolute Gasteiger partial charge is 0.441 e. The molecular formula is C19H21NOSi. The van der Waals surface area contributed by atoms with E-state index in [0.717, 1.165) is 28.6 Å². The average Bonchev–Trinajstić information content (AvgIpc) is 2.91. The normalized spacial score (nSPS) is 11.6. The van der Waals surface area contributed by atoms with Crippen LogP contribution in [0.4, 0.5) is 0 Å². The minimum Gasteiger partial charge on any atom is -0.441 e. The summed E-state index contributed by atoms with van der Waals surface area (Å²) in [6, 6.07) is 21.4. The lowest BCUT2D eigenvalue weighted by Gasteiger charge is -2.14. The summed E-state index contributed by atoms with van der Waals surface area (Å²) in [5.74, 6) is 1.73. The number of hydrogen-bond donors (Lipinski definition) is 0. The molecule has 0 aliphatic heterocycles. The van der Waals surface area contributed by atoms with Crippen molar-refractivity contribution in [1.29, 1.82) is 0 Å². The number of hydrogen-bond acceptors (Lipinski definition) is 2. The fourth-order valence-electron chi connectivity index (χ4n) is 2.48. The van der Waals surface area contributed by atoms with Crippen LogP contribution in [0.2, 0.25) is 19.6 Å². The molecule has 0 spiro atoms. The van der Waals surface area contributed by atoms with Gasteiger partial charge in [0.1, 0.15) is 11.5 Å². The molecule has 2 nitrogen and oxygen atoms in total. The van der Waals surface area contributed by atoms with Gasteiger partial charge in [0, 0.05) is 17.2 Å². The maximum atomic E-state index is 6.15. The molecule has 3 rings (SSSR count). The second-order valence-electron chi connectivity index (χ2n) is 6.76. The molecule has 0 bridgehead atoms. The molecule has 0 aliphatic carbocycles. The number of benzene rings is 2. The van der Waals surface area contributed by atoms with Gasteiger partial charge in [0.15, 0.2) is 0 Å². The van der Waals surface area contributed by atoms with E-state index in [4.69, 9.17) is 9.40 Å². The minimum atomic E-state index is -1.28. The number of aromatic nitrogens is 1. The van der Waals surface area contributed by atoms with Crippen molar-refractivity contribution in [1.82, 2.24) is 4.98 Å². The van der Waals surface area contributed by atoms with Crippen LogP contribution in [0.1, 0.15) is 5.76 Å². The lowest BCUT2D eigenvalue weighted by Crippen LogP contribution is -2.23. The van der Waals surface area contributed by atoms with Gasteiger partial charge in [-0.15, -0.1) is 0 Å². The van der Waals surface area contributed by atoms with Gasteiger partial charge in [0.25, 0.3) is 0 Å². The van der Waals surface area contributed by atoms with Crippen LogP contribution in [0, 0.1) is 0 Å². The van der Waals surface area contributed by atoms with Gasteiger partial charge in [-0.2, -0.15) is 0 Å². The molecule has 22 heavy (non-hydrogen) atoms. The summed E-state index contributed by atoms with van der Waals surface area (Å²) in [6.07, 6.45) is 0. The summed E-state index contributed by atoms with van der Waals surface area (Å²) in [6.45, 7) is 7.06. The van der Waals surface area contributed by atoms with Gasteiger partial charge in [-0.3, -0.25) is 0 Å². The second kappa shape index (κ2) is 5.93. The molecule has 0 atom stereocenters. The van der Waals surface area contributed by atoms with Crippen LogP contribution in [-0.4, -0.2) is 13.1 Å². The summed E-state index contributed by atoms with van der Waals surface area (Å²) in [5.41, 5.74) is 3.14. The van der Waals surface area contributed by atoms with Crippen molar-refractivity contribution in [3.05, 3.63) is 66.4 Å². The number of oxazole rings is 1. The molecule has 0 aliphatic rings. The highest BCUT2D eigenvalue weighted by atomic mass is 28.3. The van der Waals surface area contributed by atoms with E-state index >= 15 is 0 Å². The van der Waals surface area contributed by atoms with Crippen LogP contribution in [-0.2, 0) is 6.04 Å². The lowest BCUT2D eigenvalue weighted by atomic mass is 10.1. The van der Waals surface area contributed by atoms with Crippen molar-refractivity contribution in [2.75, 3.05) is 0 Å². The zero-order valence-electron chi connectivity index (χ0n) is 13.3. The summed E-state index contributed by atoms with van der Waals surface area (Å²) >= 11 is 0. The summed E-state index contributed by atoms with van der Waals surface area (Å²) in [5, 5.41) is 0. The van der Waals surface area contributed by atoms with E-state index in [-0.39, 0.29) is 0 Å². The Morgan fingerprint density at radius 2 is 1.36 bits per heavy atom. The Kier molecular flexibility index (Phi) is 3.99. The van der Waals surface area contributed by atoms with Gasteiger partial charge >= 0.3 is 0 Å². The van der Waals surface area contributed by atoms with E-state index in [1.165, 1.54) is 0 Å². The minimum absolute atomic E-state index is 0.715. The van der Waals surface area contributed by atoms with Crippen molar-refractivity contribution in [3.63, 3.8) is 0 Å². The smallest absolute Gasteiger partial charge is 0.226 e. The molecule has 1 heterocycles. The van der Waals surface area contributed by atoms with E-state index in [1.54, 1.807) is 0 Å². The first-order valence-corrected chi connectivity index (χ1v) is 11.3. The van der Waals surface area contributed by atoms with Gasteiger partial charge in [-0.05, 0) is 12.1 Å². The molecule has 112 valence electrons. The zero-order chi connectivity index (χ0) is 15.6. The van der Waals surface area contributed by atoms with E-state index in [9.17, 15) is 0 Å². The summed E-state index contributed by atoms with van der Waals surface area (Å²) < 4.78 is 6.15. The molecule has 0 amide bonds. The molecule has 0 fully saturated rings. The highest BCUT2D eigenvalue weighted by Gasteiger charge is 2.22. The van der Waals surface area contributed by atoms with Crippen LogP contribution in [0.25, 0.3) is 22.7 Å². The standard InChI is InChI=1S/C19H21NOSi/c1-22(2,3)14-17-18(15-10-6-4-7-11-15)20-19(21-17)16-12-8-5-9-13-16/h4-13H,14H2,1-3H3. The Hall–Kier alpha value is -2.13. The highest BCUT2D eigenvalue weighted by molar-refractivity contribution is 6.75. The quantitative estimate of drug-likeness (QED) is 0.601. The first kappa shape index (κ1) is 14.8. The van der Waals surface area contributed by atoms with Gasteiger partial charge in [-0.1, -0.05) is 68.2 Å². The molecule has 1 aromatic heterocycles. The fraction of sp³-hybridized carbons (Fsp3) is 0.211. The summed E-state index contributed by atoms with van der Waals surface area (Å²) in [7, 11) is -1.28. The van der Waals surface area contributed by atoms with Crippen molar-refractivity contribution < 1.29 is 4.42 Å². The van der Waals surface area contributed by atoms with E-state index in [0.29, 0.717) is 5.89 Å². The third-order valence-corrected chi connectivity index (χ3v) is 4.84. The number of rotatable bonds is 4. The van der Waals surface area contributed by atoms with Crippen molar-refractivity contribution in [2.45, 2.75) is 25.7 Å². The van der Waals surface area contributed by atoms with E-state index < -0.39 is 8.07 Å². The van der Waals surface area contributed by atoms with Crippen molar-refractivity contribution in [3.8, 4) is 22.7 Å². The first-order valence-electron chi connectivity index (χ1n) is 7.63. The third kappa shape index (κ3) is 3.36. The summed E-state index contributed by atoms with van der Waals surface area (Å²) in [4.78, 5) is 4.79. The molecule has 0 saturated heterocycles. The fourth-order valence-corrected chi connectivity index (χ4v) is 3.68. The molecule has 0 saturated carbocycles. The average molecular weight is 307 g/mol. The zero-order valence-corrected chi connectivity index (χ0v) is 14.3. The lowest BCUT2D eigenvalue weighted by molar-refractivity contribution is 0.536. The molecule has 0 N–H and O–H groups in total. The van der Waals surface area contributed by atoms with Crippen LogP contribution in [0.5, 0.6) is 0 Å². The van der Waals surface area contributed by atoms with Crippen LogP contribution in [0.15, 0.2) is 65.1 Å². The topological polar surface area (TPSA) is 26.0 Å².